The zero-order valence-electron chi connectivity index (χ0n) is 21.2. The SMILES string of the molecule is COc1cc(C2C(C(=O)c3ccc(Cl)cc3)C(=O)C(=O)N2CCCN2CCOCC2)cc(OC)c1OC. The summed E-state index contributed by atoms with van der Waals surface area (Å²) in [6, 6.07) is 8.85. The van der Waals surface area contributed by atoms with E-state index in [1.165, 1.54) is 26.2 Å². The Morgan fingerprint density at radius 1 is 0.973 bits per heavy atom. The van der Waals surface area contributed by atoms with Crippen molar-refractivity contribution < 1.29 is 33.3 Å². The lowest BCUT2D eigenvalue weighted by molar-refractivity contribution is -0.140. The zero-order valence-corrected chi connectivity index (χ0v) is 22.0. The zero-order chi connectivity index (χ0) is 26.5. The summed E-state index contributed by atoms with van der Waals surface area (Å²) in [5.74, 6) is -1.95. The van der Waals surface area contributed by atoms with Gasteiger partial charge in [-0.1, -0.05) is 11.6 Å². The van der Waals surface area contributed by atoms with Crippen molar-refractivity contribution in [3.05, 3.63) is 52.5 Å². The smallest absolute Gasteiger partial charge is 0.291 e. The van der Waals surface area contributed by atoms with E-state index in [1.807, 2.05) is 0 Å². The lowest BCUT2D eigenvalue weighted by Crippen LogP contribution is -2.39. The van der Waals surface area contributed by atoms with E-state index < -0.39 is 29.4 Å². The summed E-state index contributed by atoms with van der Waals surface area (Å²) in [5.41, 5.74) is 0.857. The second-order valence-corrected chi connectivity index (χ2v) is 9.36. The number of halogens is 1. The van der Waals surface area contributed by atoms with Gasteiger partial charge in [0.15, 0.2) is 17.3 Å². The molecular weight excluding hydrogens is 500 g/mol. The summed E-state index contributed by atoms with van der Waals surface area (Å²) in [5, 5.41) is 0.469. The number of Topliss-reactive ketones (excluding diaryl/α,β-unsaturated/α-hetero) is 2. The van der Waals surface area contributed by atoms with E-state index in [2.05, 4.69) is 4.90 Å². The number of hydrogen-bond donors (Lipinski definition) is 0. The molecule has 37 heavy (non-hydrogen) atoms. The van der Waals surface area contributed by atoms with Gasteiger partial charge in [0.2, 0.25) is 11.5 Å². The summed E-state index contributed by atoms with van der Waals surface area (Å²) in [7, 11) is 4.47. The van der Waals surface area contributed by atoms with Gasteiger partial charge >= 0.3 is 0 Å². The highest BCUT2D eigenvalue weighted by Crippen LogP contribution is 2.45. The fourth-order valence-electron chi connectivity index (χ4n) is 4.95. The molecule has 0 spiro atoms. The fourth-order valence-corrected chi connectivity index (χ4v) is 5.08. The van der Waals surface area contributed by atoms with Crippen LogP contribution >= 0.6 is 11.6 Å². The van der Waals surface area contributed by atoms with E-state index in [4.69, 9.17) is 30.5 Å². The maximum Gasteiger partial charge on any atom is 0.291 e. The van der Waals surface area contributed by atoms with Crippen LogP contribution in [0.2, 0.25) is 5.02 Å². The second-order valence-electron chi connectivity index (χ2n) is 8.92. The van der Waals surface area contributed by atoms with Gasteiger partial charge in [0, 0.05) is 36.8 Å². The summed E-state index contributed by atoms with van der Waals surface area (Å²) >= 11 is 6.00. The minimum Gasteiger partial charge on any atom is -0.493 e. The van der Waals surface area contributed by atoms with Crippen LogP contribution in [-0.4, -0.2) is 88.0 Å². The van der Waals surface area contributed by atoms with Gasteiger partial charge < -0.3 is 23.8 Å². The van der Waals surface area contributed by atoms with Gasteiger partial charge in [-0.05, 0) is 48.4 Å². The van der Waals surface area contributed by atoms with E-state index in [0.29, 0.717) is 59.6 Å². The third-order valence-electron chi connectivity index (χ3n) is 6.82. The Morgan fingerprint density at radius 3 is 2.16 bits per heavy atom. The highest BCUT2D eigenvalue weighted by molar-refractivity contribution is 6.44. The van der Waals surface area contributed by atoms with Crippen LogP contribution in [0.15, 0.2) is 36.4 Å². The highest BCUT2D eigenvalue weighted by atomic mass is 35.5. The molecular formula is C27H31ClN2O7. The normalized spacial score (nSPS) is 20.3. The predicted molar refractivity (Wildman–Crippen MR) is 137 cm³/mol. The molecule has 0 radical (unpaired) electrons. The molecule has 2 saturated heterocycles. The first-order chi connectivity index (χ1) is 17.9. The molecule has 4 rings (SSSR count). The van der Waals surface area contributed by atoms with Crippen molar-refractivity contribution in [3.63, 3.8) is 0 Å². The van der Waals surface area contributed by atoms with E-state index in [1.54, 1.807) is 36.4 Å². The number of nitrogens with zero attached hydrogens (tertiary/aromatic N) is 2. The Kier molecular flexibility index (Phi) is 8.68. The topological polar surface area (TPSA) is 94.6 Å². The first kappa shape index (κ1) is 26.9. The van der Waals surface area contributed by atoms with E-state index in [9.17, 15) is 14.4 Å². The highest BCUT2D eigenvalue weighted by Gasteiger charge is 2.51. The molecule has 2 aromatic rings. The number of carbonyl (C=O) groups is 3. The van der Waals surface area contributed by atoms with Crippen LogP contribution in [0.3, 0.4) is 0 Å². The minimum atomic E-state index is -1.22. The Labute approximate surface area is 221 Å². The third kappa shape index (κ3) is 5.58. The first-order valence-corrected chi connectivity index (χ1v) is 12.5. The minimum absolute atomic E-state index is 0.308. The molecule has 198 valence electrons. The van der Waals surface area contributed by atoms with Crippen molar-refractivity contribution in [1.82, 2.24) is 9.80 Å². The van der Waals surface area contributed by atoms with Crippen molar-refractivity contribution in [2.24, 2.45) is 5.92 Å². The molecule has 0 N–H and O–H groups in total. The van der Waals surface area contributed by atoms with Gasteiger partial charge in [-0.25, -0.2) is 0 Å². The van der Waals surface area contributed by atoms with Gasteiger partial charge in [-0.3, -0.25) is 19.3 Å². The number of ether oxygens (including phenoxy) is 4. The molecule has 9 nitrogen and oxygen atoms in total. The number of rotatable bonds is 10. The van der Waals surface area contributed by atoms with Gasteiger partial charge in [-0.2, -0.15) is 0 Å². The Morgan fingerprint density at radius 2 is 1.59 bits per heavy atom. The van der Waals surface area contributed by atoms with Crippen molar-refractivity contribution in [1.29, 1.82) is 0 Å². The van der Waals surface area contributed by atoms with E-state index >= 15 is 0 Å². The van der Waals surface area contributed by atoms with E-state index in [-0.39, 0.29) is 0 Å². The van der Waals surface area contributed by atoms with Crippen molar-refractivity contribution in [2.45, 2.75) is 12.5 Å². The molecule has 2 heterocycles. The van der Waals surface area contributed by atoms with Crippen molar-refractivity contribution in [2.75, 3.05) is 60.7 Å². The van der Waals surface area contributed by atoms with Crippen LogP contribution in [0, 0.1) is 5.92 Å². The molecule has 10 heteroatoms. The Bertz CT molecular complexity index is 1120. The van der Waals surface area contributed by atoms with Crippen LogP contribution in [0.5, 0.6) is 17.2 Å². The molecule has 2 aromatic carbocycles. The van der Waals surface area contributed by atoms with Gasteiger partial charge in [-0.15, -0.1) is 0 Å². The quantitative estimate of drug-likeness (QED) is 0.263. The predicted octanol–water partition coefficient (Wildman–Crippen LogP) is 3.04. The van der Waals surface area contributed by atoms with Gasteiger partial charge in [0.05, 0.1) is 40.6 Å². The third-order valence-corrected chi connectivity index (χ3v) is 7.07. The molecule has 0 saturated carbocycles. The molecule has 2 aliphatic heterocycles. The lowest BCUT2D eigenvalue weighted by Gasteiger charge is -2.30. The number of amides is 1. The summed E-state index contributed by atoms with van der Waals surface area (Å²) in [4.78, 5) is 44.0. The maximum absolute atomic E-state index is 13.6. The standard InChI is InChI=1S/C27H31ClN2O7/c1-34-20-15-18(16-21(35-2)26(20)36-3)23-22(24(31)17-5-7-19(28)8-6-17)25(32)27(33)30(23)10-4-9-29-11-13-37-14-12-29/h5-8,15-16,22-23H,4,9-14H2,1-3H3. The number of morpholine rings is 1. The van der Waals surface area contributed by atoms with Crippen LogP contribution in [0.25, 0.3) is 0 Å². The van der Waals surface area contributed by atoms with Crippen molar-refractivity contribution >= 4 is 29.1 Å². The van der Waals surface area contributed by atoms with Crippen LogP contribution < -0.4 is 14.2 Å². The van der Waals surface area contributed by atoms with E-state index in [0.717, 1.165) is 19.6 Å². The molecule has 2 aliphatic rings. The fraction of sp³-hybridized carbons (Fsp3) is 0.444. The number of hydrogen-bond acceptors (Lipinski definition) is 8. The van der Waals surface area contributed by atoms with Crippen LogP contribution in [-0.2, 0) is 14.3 Å². The molecule has 0 aliphatic carbocycles. The lowest BCUT2D eigenvalue weighted by atomic mass is 9.86. The molecule has 2 unspecified atom stereocenters. The average molecular weight is 531 g/mol. The Hall–Kier alpha value is -3.14. The molecule has 0 bridgehead atoms. The number of ketones is 2. The summed E-state index contributed by atoms with van der Waals surface area (Å²) in [6.07, 6.45) is 0.641. The van der Waals surface area contributed by atoms with Crippen molar-refractivity contribution in [3.8, 4) is 17.2 Å². The number of carbonyl (C=O) groups excluding carboxylic acids is 3. The molecule has 0 aromatic heterocycles. The molecule has 2 atom stereocenters. The number of methoxy groups -OCH3 is 3. The average Bonchev–Trinajstić information content (AvgIpc) is 3.17. The monoisotopic (exact) mass is 530 g/mol. The summed E-state index contributed by atoms with van der Waals surface area (Å²) in [6.45, 7) is 4.05. The largest absolute Gasteiger partial charge is 0.493 e. The molecule has 2 fully saturated rings. The van der Waals surface area contributed by atoms with Crippen LogP contribution in [0.1, 0.15) is 28.4 Å². The maximum atomic E-state index is 13.6. The van der Waals surface area contributed by atoms with Gasteiger partial charge in [0.25, 0.3) is 5.91 Å². The second kappa shape index (κ2) is 11.9. The summed E-state index contributed by atoms with van der Waals surface area (Å²) < 4.78 is 21.9. The first-order valence-electron chi connectivity index (χ1n) is 12.1. The number of benzene rings is 2. The van der Waals surface area contributed by atoms with Crippen LogP contribution in [0.4, 0.5) is 0 Å². The van der Waals surface area contributed by atoms with Gasteiger partial charge in [0.1, 0.15) is 5.92 Å². The number of likely N-dealkylation sites (tertiary alicyclic amines) is 1. The Balaban J connectivity index is 1.72. The molecule has 1 amide bonds.